The van der Waals surface area contributed by atoms with Crippen LogP contribution in [0.5, 0.6) is 0 Å². The van der Waals surface area contributed by atoms with Crippen molar-refractivity contribution in [2.24, 2.45) is 11.8 Å². The minimum atomic E-state index is 0.176. The van der Waals surface area contributed by atoms with Crippen molar-refractivity contribution >= 4 is 5.78 Å². The molecule has 0 radical (unpaired) electrons. The zero-order valence-electron chi connectivity index (χ0n) is 11.6. The summed E-state index contributed by atoms with van der Waals surface area (Å²) in [5.74, 6) is 1.44. The summed E-state index contributed by atoms with van der Waals surface area (Å²) in [6.45, 7) is 2.15. The van der Waals surface area contributed by atoms with Crippen molar-refractivity contribution in [1.82, 2.24) is 0 Å². The topological polar surface area (TPSA) is 26.3 Å². The third-order valence-corrected chi connectivity index (χ3v) is 5.66. The lowest BCUT2D eigenvalue weighted by Gasteiger charge is -2.34. The Labute approximate surface area is 110 Å². The Hall–Kier alpha value is -0.370. The standard InChI is InChI=1S/C16H26O2/c1-2-13-14(17)8-4-3-6-12-7-5-10-16(12)11-9-15(13)18-16/h12-13,15H,2-11H2,1H3. The molecule has 1 aliphatic carbocycles. The van der Waals surface area contributed by atoms with Crippen molar-refractivity contribution < 1.29 is 9.53 Å². The molecule has 1 saturated carbocycles. The van der Waals surface area contributed by atoms with Gasteiger partial charge in [-0.3, -0.25) is 4.79 Å². The van der Waals surface area contributed by atoms with Crippen LogP contribution >= 0.6 is 0 Å². The highest BCUT2D eigenvalue weighted by Crippen LogP contribution is 2.51. The van der Waals surface area contributed by atoms with E-state index in [4.69, 9.17) is 4.74 Å². The minimum Gasteiger partial charge on any atom is -0.371 e. The van der Waals surface area contributed by atoms with Gasteiger partial charge in [-0.05, 0) is 50.9 Å². The third-order valence-electron chi connectivity index (χ3n) is 5.66. The number of ether oxygens (including phenoxy) is 1. The van der Waals surface area contributed by atoms with Gasteiger partial charge in [-0.1, -0.05) is 19.8 Å². The van der Waals surface area contributed by atoms with E-state index in [1.54, 1.807) is 0 Å². The molecular weight excluding hydrogens is 224 g/mol. The lowest BCUT2D eigenvalue weighted by Crippen LogP contribution is -2.37. The maximum atomic E-state index is 12.3. The predicted octanol–water partition coefficient (Wildman–Crippen LogP) is 3.87. The first-order valence-electron chi connectivity index (χ1n) is 7.96. The Morgan fingerprint density at radius 1 is 1.17 bits per heavy atom. The first-order chi connectivity index (χ1) is 8.75. The number of hydrogen-bond donors (Lipinski definition) is 0. The fourth-order valence-corrected chi connectivity index (χ4v) is 4.67. The number of rotatable bonds is 1. The molecule has 3 rings (SSSR count). The van der Waals surface area contributed by atoms with Crippen molar-refractivity contribution in [2.75, 3.05) is 0 Å². The molecule has 1 spiro atoms. The fraction of sp³-hybridized carbons (Fsp3) is 0.938. The lowest BCUT2D eigenvalue weighted by atomic mass is 9.84. The van der Waals surface area contributed by atoms with Gasteiger partial charge in [0.05, 0.1) is 11.7 Å². The first-order valence-corrected chi connectivity index (χ1v) is 7.96. The van der Waals surface area contributed by atoms with Crippen molar-refractivity contribution in [3.05, 3.63) is 0 Å². The molecule has 0 aromatic heterocycles. The molecule has 102 valence electrons. The molecule has 2 saturated heterocycles. The molecule has 3 fully saturated rings. The molecule has 2 heteroatoms. The summed E-state index contributed by atoms with van der Waals surface area (Å²) in [7, 11) is 0. The van der Waals surface area contributed by atoms with Crippen LogP contribution in [0.1, 0.15) is 71.1 Å². The maximum absolute atomic E-state index is 12.3. The van der Waals surface area contributed by atoms with E-state index < -0.39 is 0 Å². The Kier molecular flexibility index (Phi) is 3.48. The predicted molar refractivity (Wildman–Crippen MR) is 71.4 cm³/mol. The zero-order valence-corrected chi connectivity index (χ0v) is 11.6. The van der Waals surface area contributed by atoms with Crippen molar-refractivity contribution in [2.45, 2.75) is 82.8 Å². The lowest BCUT2D eigenvalue weighted by molar-refractivity contribution is -0.135. The van der Waals surface area contributed by atoms with Crippen LogP contribution in [0.2, 0.25) is 0 Å². The number of carbonyl (C=O) groups is 1. The SMILES string of the molecule is CCC1C(=O)CCCCC2CCCC23CCC1O3. The van der Waals surface area contributed by atoms with Crippen molar-refractivity contribution in [3.8, 4) is 0 Å². The van der Waals surface area contributed by atoms with E-state index >= 15 is 0 Å². The van der Waals surface area contributed by atoms with Gasteiger partial charge in [0.1, 0.15) is 5.78 Å². The highest BCUT2D eigenvalue weighted by molar-refractivity contribution is 5.81. The highest BCUT2D eigenvalue weighted by Gasteiger charge is 2.50. The fourth-order valence-electron chi connectivity index (χ4n) is 4.67. The number of carbonyl (C=O) groups excluding carboxylic acids is 1. The maximum Gasteiger partial charge on any atom is 0.138 e. The van der Waals surface area contributed by atoms with Crippen LogP contribution in [0.25, 0.3) is 0 Å². The normalized spacial score (nSPS) is 44.9. The molecule has 4 unspecified atom stereocenters. The van der Waals surface area contributed by atoms with Gasteiger partial charge in [0.2, 0.25) is 0 Å². The van der Waals surface area contributed by atoms with E-state index in [9.17, 15) is 4.79 Å². The molecule has 2 nitrogen and oxygen atoms in total. The number of fused-ring (bicyclic) bond motifs is 1. The van der Waals surface area contributed by atoms with Gasteiger partial charge in [0, 0.05) is 12.3 Å². The van der Waals surface area contributed by atoms with Gasteiger partial charge in [-0.25, -0.2) is 0 Å². The van der Waals surface area contributed by atoms with Crippen molar-refractivity contribution in [3.63, 3.8) is 0 Å². The van der Waals surface area contributed by atoms with Gasteiger partial charge < -0.3 is 4.74 Å². The minimum absolute atomic E-state index is 0.176. The number of Topliss-reactive ketones (excluding diaryl/α,β-unsaturated/α-hetero) is 1. The van der Waals surface area contributed by atoms with E-state index in [0.29, 0.717) is 5.78 Å². The summed E-state index contributed by atoms with van der Waals surface area (Å²) in [5.41, 5.74) is 0.176. The summed E-state index contributed by atoms with van der Waals surface area (Å²) in [5, 5.41) is 0. The van der Waals surface area contributed by atoms with Crippen LogP contribution < -0.4 is 0 Å². The number of ketones is 1. The summed E-state index contributed by atoms with van der Waals surface area (Å²) in [6.07, 6.45) is 11.9. The van der Waals surface area contributed by atoms with Gasteiger partial charge in [0.25, 0.3) is 0 Å². The smallest absolute Gasteiger partial charge is 0.138 e. The van der Waals surface area contributed by atoms with Crippen molar-refractivity contribution in [1.29, 1.82) is 0 Å². The molecule has 0 amide bonds. The van der Waals surface area contributed by atoms with E-state index in [-0.39, 0.29) is 17.6 Å². The van der Waals surface area contributed by atoms with E-state index in [1.807, 2.05) is 0 Å². The van der Waals surface area contributed by atoms with Gasteiger partial charge >= 0.3 is 0 Å². The van der Waals surface area contributed by atoms with E-state index in [2.05, 4.69) is 6.92 Å². The second-order valence-corrected chi connectivity index (χ2v) is 6.58. The second kappa shape index (κ2) is 4.96. The van der Waals surface area contributed by atoms with Crippen LogP contribution in [0.4, 0.5) is 0 Å². The third kappa shape index (κ3) is 2.03. The molecule has 18 heavy (non-hydrogen) atoms. The van der Waals surface area contributed by atoms with Crippen LogP contribution in [-0.2, 0) is 9.53 Å². The Balaban J connectivity index is 1.83. The molecule has 2 heterocycles. The van der Waals surface area contributed by atoms with Gasteiger partial charge in [-0.15, -0.1) is 0 Å². The summed E-state index contributed by atoms with van der Waals surface area (Å²) < 4.78 is 6.50. The molecule has 4 atom stereocenters. The Morgan fingerprint density at radius 2 is 2.00 bits per heavy atom. The molecular formula is C16H26O2. The molecule has 0 N–H and O–H groups in total. The molecule has 0 aromatic carbocycles. The molecule has 2 aliphatic heterocycles. The average Bonchev–Trinajstić information content (AvgIpc) is 2.95. The zero-order chi connectivity index (χ0) is 12.6. The van der Waals surface area contributed by atoms with Crippen LogP contribution in [0.15, 0.2) is 0 Å². The number of hydrogen-bond acceptors (Lipinski definition) is 2. The van der Waals surface area contributed by atoms with Crippen LogP contribution in [0, 0.1) is 11.8 Å². The van der Waals surface area contributed by atoms with Crippen LogP contribution in [0.3, 0.4) is 0 Å². The van der Waals surface area contributed by atoms with Crippen LogP contribution in [-0.4, -0.2) is 17.5 Å². The molecule has 3 aliphatic rings. The Bertz CT molecular complexity index is 325. The van der Waals surface area contributed by atoms with Gasteiger partial charge in [-0.2, -0.15) is 0 Å². The molecule has 0 aromatic rings. The average molecular weight is 250 g/mol. The monoisotopic (exact) mass is 250 g/mol. The largest absolute Gasteiger partial charge is 0.371 e. The quantitative estimate of drug-likeness (QED) is 0.706. The summed E-state index contributed by atoms with van der Waals surface area (Å²) >= 11 is 0. The van der Waals surface area contributed by atoms with Gasteiger partial charge in [0.15, 0.2) is 0 Å². The van der Waals surface area contributed by atoms with E-state index in [1.165, 1.54) is 38.5 Å². The first kappa shape index (κ1) is 12.7. The molecule has 2 bridgehead atoms. The van der Waals surface area contributed by atoms with E-state index in [0.717, 1.165) is 31.6 Å². The Morgan fingerprint density at radius 3 is 2.83 bits per heavy atom. The highest BCUT2D eigenvalue weighted by atomic mass is 16.5. The summed E-state index contributed by atoms with van der Waals surface area (Å²) in [6, 6.07) is 0. The summed E-state index contributed by atoms with van der Waals surface area (Å²) in [4.78, 5) is 12.3. The second-order valence-electron chi connectivity index (χ2n) is 6.58.